The number of anilines is 6. The largest absolute Gasteiger partial charge is 0.454 e. The molecule has 14 aromatic rings. The molecule has 2 fully saturated rings. The average Bonchev–Trinajstić information content (AvgIpc) is 1.56. The maximum Gasteiger partial charge on any atom is 0.159 e. The molecule has 0 saturated heterocycles. The number of benzene rings is 12. The van der Waals surface area contributed by atoms with Gasteiger partial charge >= 0.3 is 0 Å². The molecule has 0 bridgehead atoms. The summed E-state index contributed by atoms with van der Waals surface area (Å²) >= 11 is 0. The lowest BCUT2D eigenvalue weighted by Gasteiger charge is -2.31. The van der Waals surface area contributed by atoms with Crippen LogP contribution in [0.5, 0.6) is 0 Å². The van der Waals surface area contributed by atoms with Gasteiger partial charge < -0.3 is 18.6 Å². The summed E-state index contributed by atoms with van der Waals surface area (Å²) in [5, 5.41) is 9.50. The van der Waals surface area contributed by atoms with Gasteiger partial charge in [-0.3, -0.25) is 0 Å². The SMILES string of the molecule is c1ccc(N(c2ccc3cc4c(cc3c2)C2(c3ccccc3-c3ccccc32)c2cc3cc(N(c5ccccc5)c5cccc6c5oc5c(C7CCCCC7)cccc56)ccc3cc2-4)c2cccc3c2oc2c(C4CCCCC4)cccc23)cc1. The Kier molecular flexibility index (Phi) is 11.0. The quantitative estimate of drug-likeness (QED) is 0.152. The molecule has 0 N–H and O–H groups in total. The minimum Gasteiger partial charge on any atom is -0.454 e. The van der Waals surface area contributed by atoms with Gasteiger partial charge in [0.15, 0.2) is 11.2 Å². The lowest BCUT2D eigenvalue weighted by molar-refractivity contribution is 0.442. The van der Waals surface area contributed by atoms with Crippen molar-refractivity contribution < 1.29 is 8.83 Å². The van der Waals surface area contributed by atoms with Gasteiger partial charge in [0.05, 0.1) is 16.8 Å². The Hall–Kier alpha value is -9.64. The molecule has 0 radical (unpaired) electrons. The van der Waals surface area contributed by atoms with Gasteiger partial charge in [-0.15, -0.1) is 0 Å². The molecule has 0 unspecified atom stereocenters. The van der Waals surface area contributed by atoms with E-state index in [4.69, 9.17) is 8.83 Å². The molecule has 0 atom stereocenters. The second-order valence-electron chi connectivity index (χ2n) is 24.7. The summed E-state index contributed by atoms with van der Waals surface area (Å²) in [5.41, 5.74) is 22.9. The predicted molar refractivity (Wildman–Crippen MR) is 353 cm³/mol. The molecule has 4 heteroatoms. The van der Waals surface area contributed by atoms with Gasteiger partial charge in [-0.1, -0.05) is 196 Å². The van der Waals surface area contributed by atoms with Crippen LogP contribution in [0.3, 0.4) is 0 Å². The number of para-hydroxylation sites is 6. The second kappa shape index (κ2) is 19.2. The lowest BCUT2D eigenvalue weighted by atomic mass is 9.70. The smallest absolute Gasteiger partial charge is 0.159 e. The fourth-order valence-corrected chi connectivity index (χ4v) is 16.4. The molecule has 0 amide bonds. The Morgan fingerprint density at radius 2 is 0.682 bits per heavy atom. The van der Waals surface area contributed by atoms with Crippen molar-refractivity contribution >= 4 is 99.5 Å². The van der Waals surface area contributed by atoms with Crippen molar-refractivity contribution in [2.75, 3.05) is 9.80 Å². The topological polar surface area (TPSA) is 32.8 Å². The van der Waals surface area contributed by atoms with Gasteiger partial charge in [-0.05, 0) is 200 Å². The number of hydrogen-bond acceptors (Lipinski definition) is 4. The number of rotatable bonds is 8. The van der Waals surface area contributed by atoms with Crippen LogP contribution in [0, 0.1) is 0 Å². The van der Waals surface area contributed by atoms with Gasteiger partial charge in [0, 0.05) is 44.3 Å². The maximum absolute atomic E-state index is 7.21. The molecule has 2 heterocycles. The molecule has 18 rings (SSSR count). The van der Waals surface area contributed by atoms with Gasteiger partial charge in [0.2, 0.25) is 0 Å². The summed E-state index contributed by atoms with van der Waals surface area (Å²) in [4.78, 5) is 4.82. The molecule has 4 aliphatic carbocycles. The van der Waals surface area contributed by atoms with Crippen molar-refractivity contribution in [1.29, 1.82) is 0 Å². The number of fused-ring (bicyclic) bond motifs is 18. The third-order valence-electron chi connectivity index (χ3n) is 20.2. The molecule has 4 nitrogen and oxygen atoms in total. The fourth-order valence-electron chi connectivity index (χ4n) is 16.4. The minimum atomic E-state index is -0.573. The Labute approximate surface area is 495 Å². The lowest BCUT2D eigenvalue weighted by Crippen LogP contribution is -2.25. The van der Waals surface area contributed by atoms with E-state index in [9.17, 15) is 0 Å². The van der Waals surface area contributed by atoms with Crippen LogP contribution in [-0.4, -0.2) is 0 Å². The van der Waals surface area contributed by atoms with Crippen LogP contribution in [0.15, 0.2) is 251 Å². The summed E-state index contributed by atoms with van der Waals surface area (Å²) in [6.45, 7) is 0. The molecule has 85 heavy (non-hydrogen) atoms. The van der Waals surface area contributed by atoms with E-state index in [1.165, 1.54) is 152 Å². The van der Waals surface area contributed by atoms with E-state index in [0.717, 1.165) is 67.2 Å². The summed E-state index contributed by atoms with van der Waals surface area (Å²) in [6, 6.07) is 91.2. The summed E-state index contributed by atoms with van der Waals surface area (Å²) in [5.74, 6) is 1.05. The van der Waals surface area contributed by atoms with E-state index < -0.39 is 5.41 Å². The summed E-state index contributed by atoms with van der Waals surface area (Å²) in [6.07, 6.45) is 12.6. The van der Waals surface area contributed by atoms with Crippen molar-refractivity contribution in [3.63, 3.8) is 0 Å². The summed E-state index contributed by atoms with van der Waals surface area (Å²) in [7, 11) is 0. The Balaban J connectivity index is 0.820. The Morgan fingerprint density at radius 3 is 1.13 bits per heavy atom. The third kappa shape index (κ3) is 7.34. The predicted octanol–water partition coefficient (Wildman–Crippen LogP) is 23.2. The van der Waals surface area contributed by atoms with Gasteiger partial charge in [-0.2, -0.15) is 0 Å². The monoisotopic (exact) mass is 1090 g/mol. The van der Waals surface area contributed by atoms with Crippen molar-refractivity contribution in [2.45, 2.75) is 81.5 Å². The van der Waals surface area contributed by atoms with Crippen LogP contribution in [0.2, 0.25) is 0 Å². The molecular formula is C81H62N2O2. The molecule has 4 aliphatic rings. The van der Waals surface area contributed by atoms with E-state index in [-0.39, 0.29) is 0 Å². The Morgan fingerprint density at radius 1 is 0.282 bits per heavy atom. The molecule has 1 spiro atoms. The molecule has 2 aromatic heterocycles. The van der Waals surface area contributed by atoms with Crippen molar-refractivity contribution in [3.05, 3.63) is 276 Å². The second-order valence-corrected chi connectivity index (χ2v) is 24.7. The van der Waals surface area contributed by atoms with Crippen LogP contribution in [0.4, 0.5) is 34.1 Å². The summed E-state index contributed by atoms with van der Waals surface area (Å²) < 4.78 is 14.4. The van der Waals surface area contributed by atoms with Gasteiger partial charge in [-0.25, -0.2) is 0 Å². The van der Waals surface area contributed by atoms with E-state index in [1.54, 1.807) is 0 Å². The molecule has 0 aliphatic heterocycles. The normalized spacial score (nSPS) is 15.5. The van der Waals surface area contributed by atoms with Crippen molar-refractivity contribution in [2.24, 2.45) is 0 Å². The van der Waals surface area contributed by atoms with E-state index in [2.05, 4.69) is 252 Å². The zero-order chi connectivity index (χ0) is 55.7. The first-order chi connectivity index (χ1) is 42.2. The van der Waals surface area contributed by atoms with Crippen molar-refractivity contribution in [3.8, 4) is 22.3 Å². The highest BCUT2D eigenvalue weighted by atomic mass is 16.3. The van der Waals surface area contributed by atoms with Crippen LogP contribution in [0.1, 0.15) is 109 Å². The standard InChI is InChI=1S/C81H62N2O2/c1-5-21-51(22-6-1)61-31-17-33-65-67-35-19-39-75(79(67)84-77(61)65)82(57-25-9-3-10-26-57)59-43-41-53-47-69-70-48-54-42-44-60(46-56(54)50-74(70)81(73(69)49-55(53)45-59)71-37-15-13-29-63(71)64-30-14-16-38-72(64)81)83(58-27-11-4-12-28-58)76-40-20-36-68-66-34-18-32-62(78(66)85-80(68)76)52-23-7-2-8-24-52/h3-4,9-20,25-52H,1-2,5-8,21-24H2. The first-order valence-electron chi connectivity index (χ1n) is 31.1. The fraction of sp³-hybridized carbons (Fsp3) is 0.160. The van der Waals surface area contributed by atoms with E-state index >= 15 is 0 Å². The molecule has 408 valence electrons. The number of nitrogens with zero attached hydrogens (tertiary/aromatic N) is 2. The Bertz CT molecular complexity index is 4680. The molecular weight excluding hydrogens is 1030 g/mol. The zero-order valence-electron chi connectivity index (χ0n) is 47.5. The number of furan rings is 2. The number of hydrogen-bond donors (Lipinski definition) is 0. The van der Waals surface area contributed by atoms with Gasteiger partial charge in [0.25, 0.3) is 0 Å². The van der Waals surface area contributed by atoms with E-state index in [0.29, 0.717) is 11.8 Å². The molecule has 12 aromatic carbocycles. The highest BCUT2D eigenvalue weighted by molar-refractivity contribution is 6.13. The highest BCUT2D eigenvalue weighted by Gasteiger charge is 2.52. The van der Waals surface area contributed by atoms with Crippen LogP contribution < -0.4 is 9.80 Å². The van der Waals surface area contributed by atoms with Gasteiger partial charge in [0.1, 0.15) is 11.2 Å². The molecule has 2 saturated carbocycles. The maximum atomic E-state index is 7.21. The zero-order valence-corrected chi connectivity index (χ0v) is 47.5. The third-order valence-corrected chi connectivity index (χ3v) is 20.2. The van der Waals surface area contributed by atoms with Crippen LogP contribution >= 0.6 is 0 Å². The van der Waals surface area contributed by atoms with E-state index in [1.807, 2.05) is 0 Å². The van der Waals surface area contributed by atoms with Crippen molar-refractivity contribution in [1.82, 2.24) is 0 Å². The minimum absolute atomic E-state index is 0.526. The first-order valence-corrected chi connectivity index (χ1v) is 31.1. The average molecular weight is 1100 g/mol. The van der Waals surface area contributed by atoms with Crippen LogP contribution in [0.25, 0.3) is 87.7 Å². The first kappa shape index (κ1) is 48.8. The van der Waals surface area contributed by atoms with Crippen LogP contribution in [-0.2, 0) is 5.41 Å². The highest BCUT2D eigenvalue weighted by Crippen LogP contribution is 2.64.